The highest BCUT2D eigenvalue weighted by atomic mass is 16.5. The van der Waals surface area contributed by atoms with Gasteiger partial charge in [0.25, 0.3) is 11.8 Å². The first kappa shape index (κ1) is 18.3. The Bertz CT molecular complexity index is 1180. The number of hydrogen-bond donors (Lipinski definition) is 2. The van der Waals surface area contributed by atoms with Crippen molar-refractivity contribution in [2.24, 2.45) is 0 Å². The molecule has 1 aromatic heterocycles. The normalized spacial score (nSPS) is 10.5. The van der Waals surface area contributed by atoms with Crippen LogP contribution < -0.4 is 15.4 Å². The number of ether oxygens (including phenoxy) is 1. The first-order valence-corrected chi connectivity index (χ1v) is 8.97. The average molecular weight is 386 g/mol. The van der Waals surface area contributed by atoms with E-state index in [4.69, 9.17) is 9.15 Å². The molecule has 144 valence electrons. The summed E-state index contributed by atoms with van der Waals surface area (Å²) in [5.41, 5.74) is 1.51. The Labute approximate surface area is 167 Å². The Balaban J connectivity index is 1.56. The monoisotopic (exact) mass is 386 g/mol. The highest BCUT2D eigenvalue weighted by Gasteiger charge is 2.15. The van der Waals surface area contributed by atoms with Crippen molar-refractivity contribution >= 4 is 34.0 Å². The van der Waals surface area contributed by atoms with Crippen LogP contribution >= 0.6 is 0 Å². The number of carbonyl (C=O) groups is 2. The van der Waals surface area contributed by atoms with Gasteiger partial charge < -0.3 is 19.8 Å². The van der Waals surface area contributed by atoms with Crippen LogP contribution in [-0.4, -0.2) is 18.9 Å². The van der Waals surface area contributed by atoms with Crippen LogP contribution in [0.4, 0.5) is 11.4 Å². The minimum Gasteiger partial charge on any atom is -0.496 e. The summed E-state index contributed by atoms with van der Waals surface area (Å²) in [6, 6.07) is 21.5. The van der Waals surface area contributed by atoms with Crippen molar-refractivity contribution in [3.05, 3.63) is 90.4 Å². The van der Waals surface area contributed by atoms with E-state index >= 15 is 0 Å². The Morgan fingerprint density at radius 1 is 0.793 bits per heavy atom. The van der Waals surface area contributed by atoms with Crippen molar-refractivity contribution in [1.82, 2.24) is 0 Å². The van der Waals surface area contributed by atoms with Gasteiger partial charge in [0.1, 0.15) is 5.75 Å². The van der Waals surface area contributed by atoms with E-state index in [1.165, 1.54) is 13.4 Å². The summed E-state index contributed by atoms with van der Waals surface area (Å²) in [5, 5.41) is 7.52. The number of benzene rings is 3. The Hall–Kier alpha value is -4.06. The van der Waals surface area contributed by atoms with Crippen LogP contribution in [0.2, 0.25) is 0 Å². The van der Waals surface area contributed by atoms with Gasteiger partial charge in [-0.15, -0.1) is 0 Å². The highest BCUT2D eigenvalue weighted by Crippen LogP contribution is 2.27. The Morgan fingerprint density at radius 2 is 1.48 bits per heavy atom. The molecule has 2 N–H and O–H groups in total. The number of rotatable bonds is 5. The molecule has 0 radical (unpaired) electrons. The van der Waals surface area contributed by atoms with Crippen LogP contribution in [0.5, 0.6) is 5.75 Å². The average Bonchev–Trinajstić information content (AvgIpc) is 3.28. The van der Waals surface area contributed by atoms with Gasteiger partial charge >= 0.3 is 0 Å². The number of hydrogen-bond acceptors (Lipinski definition) is 4. The fourth-order valence-electron chi connectivity index (χ4n) is 3.04. The van der Waals surface area contributed by atoms with Crippen molar-refractivity contribution in [3.63, 3.8) is 0 Å². The molecular weight excluding hydrogens is 368 g/mol. The van der Waals surface area contributed by atoms with Crippen LogP contribution in [0, 0.1) is 0 Å². The molecule has 29 heavy (non-hydrogen) atoms. The lowest BCUT2D eigenvalue weighted by molar-refractivity contribution is 0.0994. The second kappa shape index (κ2) is 7.90. The van der Waals surface area contributed by atoms with Gasteiger partial charge in [-0.05, 0) is 53.2 Å². The third-order valence-corrected chi connectivity index (χ3v) is 4.44. The fraction of sp³-hybridized carbons (Fsp3) is 0.0435. The molecule has 6 nitrogen and oxygen atoms in total. The van der Waals surface area contributed by atoms with Gasteiger partial charge in [-0.3, -0.25) is 9.59 Å². The largest absolute Gasteiger partial charge is 0.496 e. The van der Waals surface area contributed by atoms with E-state index in [-0.39, 0.29) is 17.6 Å². The standard InChI is InChI=1S/C23H18N2O4/c1-28-21-13-16-7-3-2-6-15(16)12-19(21)22(26)24-17-8-4-9-18(14-17)25-23(27)20-10-5-11-29-20/h2-14H,1H3,(H,24,26)(H,25,27). The number of amides is 2. The molecule has 4 aromatic rings. The van der Waals surface area contributed by atoms with Gasteiger partial charge in [0.15, 0.2) is 5.76 Å². The van der Waals surface area contributed by atoms with Gasteiger partial charge in [-0.25, -0.2) is 0 Å². The number of nitrogens with one attached hydrogen (secondary N) is 2. The molecule has 0 aliphatic heterocycles. The van der Waals surface area contributed by atoms with Crippen molar-refractivity contribution < 1.29 is 18.7 Å². The Kier molecular flexibility index (Phi) is 4.99. The van der Waals surface area contributed by atoms with E-state index in [2.05, 4.69) is 10.6 Å². The van der Waals surface area contributed by atoms with E-state index in [9.17, 15) is 9.59 Å². The second-order valence-electron chi connectivity index (χ2n) is 6.37. The molecule has 0 aliphatic carbocycles. The number of fused-ring (bicyclic) bond motifs is 1. The van der Waals surface area contributed by atoms with E-state index in [1.807, 2.05) is 30.3 Å². The zero-order valence-corrected chi connectivity index (χ0v) is 15.6. The van der Waals surface area contributed by atoms with Crippen LogP contribution in [-0.2, 0) is 0 Å². The molecule has 0 saturated heterocycles. The van der Waals surface area contributed by atoms with Gasteiger partial charge in [-0.1, -0.05) is 30.3 Å². The molecule has 1 heterocycles. The molecule has 2 amide bonds. The number of furan rings is 1. The lowest BCUT2D eigenvalue weighted by Gasteiger charge is -2.12. The number of carbonyl (C=O) groups excluding carboxylic acids is 2. The maximum atomic E-state index is 12.9. The first-order valence-electron chi connectivity index (χ1n) is 8.97. The maximum Gasteiger partial charge on any atom is 0.291 e. The smallest absolute Gasteiger partial charge is 0.291 e. The van der Waals surface area contributed by atoms with Gasteiger partial charge in [-0.2, -0.15) is 0 Å². The summed E-state index contributed by atoms with van der Waals surface area (Å²) in [6.07, 6.45) is 1.43. The second-order valence-corrected chi connectivity index (χ2v) is 6.37. The molecule has 0 unspecified atom stereocenters. The van der Waals surface area contributed by atoms with Crippen LogP contribution in [0.15, 0.2) is 83.5 Å². The highest BCUT2D eigenvalue weighted by molar-refractivity contribution is 6.09. The van der Waals surface area contributed by atoms with Gasteiger partial charge in [0.05, 0.1) is 18.9 Å². The van der Waals surface area contributed by atoms with Crippen LogP contribution in [0.1, 0.15) is 20.9 Å². The minimum atomic E-state index is -0.366. The lowest BCUT2D eigenvalue weighted by Crippen LogP contribution is -2.14. The molecule has 0 spiro atoms. The van der Waals surface area contributed by atoms with Crippen molar-refractivity contribution in [2.45, 2.75) is 0 Å². The molecule has 0 bridgehead atoms. The van der Waals surface area contributed by atoms with Gasteiger partial charge in [0, 0.05) is 11.4 Å². The third kappa shape index (κ3) is 3.96. The zero-order valence-electron chi connectivity index (χ0n) is 15.6. The first-order chi connectivity index (χ1) is 14.1. The van der Waals surface area contributed by atoms with E-state index in [0.29, 0.717) is 22.7 Å². The third-order valence-electron chi connectivity index (χ3n) is 4.44. The molecule has 0 aliphatic rings. The maximum absolute atomic E-state index is 12.9. The zero-order chi connectivity index (χ0) is 20.2. The molecule has 0 saturated carbocycles. The number of anilines is 2. The van der Waals surface area contributed by atoms with Crippen LogP contribution in [0.3, 0.4) is 0 Å². The van der Waals surface area contributed by atoms with Crippen molar-refractivity contribution in [2.75, 3.05) is 17.7 Å². The molecule has 0 fully saturated rings. The predicted octanol–water partition coefficient (Wildman–Crippen LogP) is 4.95. The quantitative estimate of drug-likeness (QED) is 0.509. The molecular formula is C23H18N2O4. The Morgan fingerprint density at radius 3 is 2.14 bits per heavy atom. The van der Waals surface area contributed by atoms with E-state index in [0.717, 1.165) is 10.8 Å². The van der Waals surface area contributed by atoms with Gasteiger partial charge in [0.2, 0.25) is 0 Å². The van der Waals surface area contributed by atoms with Crippen LogP contribution in [0.25, 0.3) is 10.8 Å². The van der Waals surface area contributed by atoms with Crippen molar-refractivity contribution in [1.29, 1.82) is 0 Å². The topological polar surface area (TPSA) is 80.6 Å². The molecule has 3 aromatic carbocycles. The summed E-state index contributed by atoms with van der Waals surface area (Å²) < 4.78 is 10.5. The molecule has 6 heteroatoms. The predicted molar refractivity (Wildman–Crippen MR) is 112 cm³/mol. The minimum absolute atomic E-state index is 0.209. The number of methoxy groups -OCH3 is 1. The fourth-order valence-corrected chi connectivity index (χ4v) is 3.04. The summed E-state index contributed by atoms with van der Waals surface area (Å²) in [5.74, 6) is 0.0283. The summed E-state index contributed by atoms with van der Waals surface area (Å²) >= 11 is 0. The van der Waals surface area contributed by atoms with Crippen molar-refractivity contribution in [3.8, 4) is 5.75 Å². The summed E-state index contributed by atoms with van der Waals surface area (Å²) in [4.78, 5) is 25.0. The summed E-state index contributed by atoms with van der Waals surface area (Å²) in [6.45, 7) is 0. The molecule has 0 atom stereocenters. The van der Waals surface area contributed by atoms with E-state index in [1.54, 1.807) is 42.5 Å². The lowest BCUT2D eigenvalue weighted by atomic mass is 10.1. The SMILES string of the molecule is COc1cc2ccccc2cc1C(=O)Nc1cccc(NC(=O)c2ccco2)c1. The molecule has 4 rings (SSSR count). The summed E-state index contributed by atoms with van der Waals surface area (Å²) in [7, 11) is 1.53. The van der Waals surface area contributed by atoms with E-state index < -0.39 is 0 Å².